The molecule has 2 aliphatic carbocycles. The molecular weight excluding hydrogens is 408 g/mol. The van der Waals surface area contributed by atoms with E-state index in [9.17, 15) is 0 Å². The van der Waals surface area contributed by atoms with E-state index in [2.05, 4.69) is 91.5 Å². The maximum Gasteiger partial charge on any atom is -0.0161 e. The molecule has 176 valence electrons. The third kappa shape index (κ3) is 5.72. The summed E-state index contributed by atoms with van der Waals surface area (Å²) in [5.41, 5.74) is 7.82. The first-order valence-electron chi connectivity index (χ1n) is 13.6. The molecule has 3 aromatic carbocycles. The molecule has 0 saturated heterocycles. The highest BCUT2D eigenvalue weighted by atomic mass is 14.4. The van der Waals surface area contributed by atoms with Gasteiger partial charge in [0.25, 0.3) is 0 Å². The van der Waals surface area contributed by atoms with E-state index >= 15 is 0 Å². The van der Waals surface area contributed by atoms with Gasteiger partial charge in [-0.15, -0.1) is 0 Å². The van der Waals surface area contributed by atoms with E-state index in [0.717, 1.165) is 18.8 Å². The predicted molar refractivity (Wildman–Crippen MR) is 146 cm³/mol. The summed E-state index contributed by atoms with van der Waals surface area (Å²) in [4.78, 5) is 0. The van der Waals surface area contributed by atoms with Gasteiger partial charge in [0.2, 0.25) is 0 Å². The predicted octanol–water partition coefficient (Wildman–Crippen LogP) is 9.09. The van der Waals surface area contributed by atoms with E-state index in [0.29, 0.717) is 11.3 Å². The molecular formula is C34H40. The SMILES string of the molecule is C=C(c1ccccc1)C1CCC2(CCC(Cc3cccc(CCc4ccccc4)c3)CC2)CC1. The summed E-state index contributed by atoms with van der Waals surface area (Å²) >= 11 is 0. The molecule has 2 aliphatic rings. The van der Waals surface area contributed by atoms with Crippen LogP contribution in [0.1, 0.15) is 73.6 Å². The van der Waals surface area contributed by atoms with Crippen molar-refractivity contribution < 1.29 is 0 Å². The number of hydrogen-bond donors (Lipinski definition) is 0. The van der Waals surface area contributed by atoms with Gasteiger partial charge in [-0.05, 0) is 116 Å². The largest absolute Gasteiger partial charge is 0.0950 e. The van der Waals surface area contributed by atoms with Gasteiger partial charge in [-0.3, -0.25) is 0 Å². The number of hydrogen-bond acceptors (Lipinski definition) is 0. The average molecular weight is 449 g/mol. The fourth-order valence-corrected chi connectivity index (χ4v) is 6.64. The first-order chi connectivity index (χ1) is 16.7. The summed E-state index contributed by atoms with van der Waals surface area (Å²) in [5.74, 6) is 1.55. The second-order valence-corrected chi connectivity index (χ2v) is 11.1. The second-order valence-electron chi connectivity index (χ2n) is 11.1. The third-order valence-corrected chi connectivity index (χ3v) is 8.91. The minimum Gasteiger partial charge on any atom is -0.0950 e. The van der Waals surface area contributed by atoms with Crippen LogP contribution in [0, 0.1) is 17.3 Å². The van der Waals surface area contributed by atoms with E-state index in [4.69, 9.17) is 0 Å². The van der Waals surface area contributed by atoms with Crippen LogP contribution in [0.5, 0.6) is 0 Å². The minimum absolute atomic E-state index is 0.626. The number of rotatable bonds is 7. The van der Waals surface area contributed by atoms with Gasteiger partial charge in [-0.1, -0.05) is 91.5 Å². The van der Waals surface area contributed by atoms with Gasteiger partial charge in [-0.2, -0.15) is 0 Å². The van der Waals surface area contributed by atoms with Crippen LogP contribution in [0.3, 0.4) is 0 Å². The Bertz CT molecular complexity index is 1040. The summed E-state index contributed by atoms with van der Waals surface area (Å²) in [6, 6.07) is 31.2. The van der Waals surface area contributed by atoms with E-state index in [1.165, 1.54) is 80.1 Å². The summed E-state index contributed by atoms with van der Waals surface area (Å²) < 4.78 is 0. The van der Waals surface area contributed by atoms with Gasteiger partial charge in [0.05, 0.1) is 0 Å². The Hall–Kier alpha value is -2.60. The Labute approximate surface area is 207 Å². The molecule has 34 heavy (non-hydrogen) atoms. The minimum atomic E-state index is 0.626. The molecule has 5 rings (SSSR count). The molecule has 0 aliphatic heterocycles. The fraction of sp³-hybridized carbons (Fsp3) is 0.412. The van der Waals surface area contributed by atoms with E-state index in [1.54, 1.807) is 5.56 Å². The molecule has 3 aromatic rings. The number of benzene rings is 3. The summed E-state index contributed by atoms with van der Waals surface area (Å²) in [5, 5.41) is 0. The van der Waals surface area contributed by atoms with Gasteiger partial charge in [0.15, 0.2) is 0 Å². The van der Waals surface area contributed by atoms with Crippen LogP contribution < -0.4 is 0 Å². The van der Waals surface area contributed by atoms with Gasteiger partial charge < -0.3 is 0 Å². The Morgan fingerprint density at radius 3 is 1.91 bits per heavy atom. The van der Waals surface area contributed by atoms with Crippen LogP contribution in [0.4, 0.5) is 0 Å². The van der Waals surface area contributed by atoms with Crippen molar-refractivity contribution in [2.45, 2.75) is 70.6 Å². The van der Waals surface area contributed by atoms with Crippen LogP contribution in [0.15, 0.2) is 91.5 Å². The van der Waals surface area contributed by atoms with Crippen LogP contribution in [0.25, 0.3) is 5.57 Å². The number of aryl methyl sites for hydroxylation is 2. The molecule has 2 fully saturated rings. The van der Waals surface area contributed by atoms with Gasteiger partial charge in [-0.25, -0.2) is 0 Å². The smallest absolute Gasteiger partial charge is 0.0161 e. The molecule has 0 atom stereocenters. The topological polar surface area (TPSA) is 0 Å². The summed E-state index contributed by atoms with van der Waals surface area (Å²) in [6.07, 6.45) is 14.7. The standard InChI is InChI=1S/C34H40/c1-27(32-13-6-3-7-14-32)33-19-23-34(24-20-33)21-17-30(18-22-34)26-31-12-8-11-29(25-31)16-15-28-9-4-2-5-10-28/h2-14,25,30,33H,1,15-24,26H2. The Balaban J connectivity index is 1.10. The van der Waals surface area contributed by atoms with Crippen molar-refractivity contribution in [3.8, 4) is 0 Å². The lowest BCUT2D eigenvalue weighted by Crippen LogP contribution is -2.32. The molecule has 0 heterocycles. The van der Waals surface area contributed by atoms with Gasteiger partial charge in [0.1, 0.15) is 0 Å². The summed E-state index contributed by atoms with van der Waals surface area (Å²) in [7, 11) is 0. The van der Waals surface area contributed by atoms with Crippen molar-refractivity contribution in [3.63, 3.8) is 0 Å². The zero-order valence-corrected chi connectivity index (χ0v) is 20.7. The van der Waals surface area contributed by atoms with Crippen LogP contribution in [0.2, 0.25) is 0 Å². The van der Waals surface area contributed by atoms with E-state index in [-0.39, 0.29) is 0 Å². The van der Waals surface area contributed by atoms with Gasteiger partial charge >= 0.3 is 0 Å². The molecule has 0 aromatic heterocycles. The molecule has 0 bridgehead atoms. The zero-order valence-electron chi connectivity index (χ0n) is 20.7. The Morgan fingerprint density at radius 1 is 0.647 bits per heavy atom. The zero-order chi connectivity index (χ0) is 23.2. The van der Waals surface area contributed by atoms with Crippen molar-refractivity contribution in [1.29, 1.82) is 0 Å². The molecule has 0 unspecified atom stereocenters. The monoisotopic (exact) mass is 448 g/mol. The third-order valence-electron chi connectivity index (χ3n) is 8.91. The average Bonchev–Trinajstić information content (AvgIpc) is 2.90. The first kappa shape index (κ1) is 23.2. The molecule has 0 nitrogen and oxygen atoms in total. The van der Waals surface area contributed by atoms with Crippen molar-refractivity contribution >= 4 is 5.57 Å². The van der Waals surface area contributed by atoms with Crippen molar-refractivity contribution in [2.75, 3.05) is 0 Å². The highest BCUT2D eigenvalue weighted by molar-refractivity contribution is 5.65. The number of allylic oxidation sites excluding steroid dienone is 1. The van der Waals surface area contributed by atoms with Crippen LogP contribution >= 0.6 is 0 Å². The van der Waals surface area contributed by atoms with E-state index < -0.39 is 0 Å². The molecule has 0 radical (unpaired) electrons. The van der Waals surface area contributed by atoms with Gasteiger partial charge in [0, 0.05) is 0 Å². The second kappa shape index (κ2) is 10.8. The highest BCUT2D eigenvalue weighted by Gasteiger charge is 2.39. The normalized spacial score (nSPS) is 24.7. The highest BCUT2D eigenvalue weighted by Crippen LogP contribution is 2.52. The molecule has 0 N–H and O–H groups in total. The Kier molecular flexibility index (Phi) is 7.33. The molecule has 1 spiro atoms. The quantitative estimate of drug-likeness (QED) is 0.338. The van der Waals surface area contributed by atoms with Crippen molar-refractivity contribution in [2.24, 2.45) is 17.3 Å². The lowest BCUT2D eigenvalue weighted by Gasteiger charge is -2.45. The fourth-order valence-electron chi connectivity index (χ4n) is 6.64. The molecule has 0 heteroatoms. The Morgan fingerprint density at radius 2 is 1.21 bits per heavy atom. The van der Waals surface area contributed by atoms with Crippen molar-refractivity contribution in [1.82, 2.24) is 0 Å². The van der Waals surface area contributed by atoms with Crippen molar-refractivity contribution in [3.05, 3.63) is 114 Å². The first-order valence-corrected chi connectivity index (χ1v) is 13.6. The van der Waals surface area contributed by atoms with Crippen LogP contribution in [-0.2, 0) is 19.3 Å². The van der Waals surface area contributed by atoms with E-state index in [1.807, 2.05) is 0 Å². The van der Waals surface area contributed by atoms with Crippen LogP contribution in [-0.4, -0.2) is 0 Å². The lowest BCUT2D eigenvalue weighted by atomic mass is 9.60. The molecule has 2 saturated carbocycles. The molecule has 0 amide bonds. The summed E-state index contributed by atoms with van der Waals surface area (Å²) in [6.45, 7) is 4.48. The lowest BCUT2D eigenvalue weighted by molar-refractivity contribution is 0.0860. The maximum atomic E-state index is 4.48. The maximum absolute atomic E-state index is 4.48.